The number of aryl methyl sites for hydroxylation is 2. The van der Waals surface area contributed by atoms with E-state index in [2.05, 4.69) is 4.90 Å². The van der Waals surface area contributed by atoms with E-state index in [0.29, 0.717) is 17.8 Å². The predicted molar refractivity (Wildman–Crippen MR) is 117 cm³/mol. The van der Waals surface area contributed by atoms with Crippen LogP contribution in [0.3, 0.4) is 0 Å². The van der Waals surface area contributed by atoms with Gasteiger partial charge in [-0.2, -0.15) is 0 Å². The van der Waals surface area contributed by atoms with Crippen molar-refractivity contribution in [3.05, 3.63) is 39.7 Å². The molecule has 1 atom stereocenters. The standard InChI is InChI=1S/C24H32N2O4/c1-3-18-14-23(28)30-21-13-17(2)12-20(24(18)21)29-16-22(27)26-11-5-4-8-19(26)15-25-9-6-7-10-25/h12-14,19H,3-11,15-16H2,1-2H3. The smallest absolute Gasteiger partial charge is 0.336 e. The summed E-state index contributed by atoms with van der Waals surface area (Å²) in [6.45, 7) is 8.03. The minimum absolute atomic E-state index is 0.0112. The summed E-state index contributed by atoms with van der Waals surface area (Å²) in [6.07, 6.45) is 6.53. The second-order valence-electron chi connectivity index (χ2n) is 8.61. The fraction of sp³-hybridized carbons (Fsp3) is 0.583. The number of likely N-dealkylation sites (tertiary alicyclic amines) is 2. The highest BCUT2D eigenvalue weighted by atomic mass is 16.5. The monoisotopic (exact) mass is 412 g/mol. The molecule has 3 heterocycles. The van der Waals surface area contributed by atoms with E-state index < -0.39 is 0 Å². The number of carbonyl (C=O) groups excluding carboxylic acids is 1. The average Bonchev–Trinajstić information content (AvgIpc) is 3.24. The summed E-state index contributed by atoms with van der Waals surface area (Å²) < 4.78 is 11.5. The Labute approximate surface area is 177 Å². The molecule has 0 bridgehead atoms. The molecule has 2 aliphatic rings. The quantitative estimate of drug-likeness (QED) is 0.680. The molecule has 4 rings (SSSR count). The topological polar surface area (TPSA) is 63.0 Å². The zero-order valence-electron chi connectivity index (χ0n) is 18.1. The van der Waals surface area contributed by atoms with Crippen molar-refractivity contribution in [3.63, 3.8) is 0 Å². The van der Waals surface area contributed by atoms with Gasteiger partial charge in [0.2, 0.25) is 0 Å². The third-order valence-corrected chi connectivity index (χ3v) is 6.38. The van der Waals surface area contributed by atoms with E-state index in [9.17, 15) is 9.59 Å². The number of rotatable bonds is 6. The number of piperidine rings is 1. The van der Waals surface area contributed by atoms with Crippen molar-refractivity contribution in [1.82, 2.24) is 9.80 Å². The van der Waals surface area contributed by atoms with Gasteiger partial charge < -0.3 is 19.0 Å². The second-order valence-corrected chi connectivity index (χ2v) is 8.61. The second kappa shape index (κ2) is 9.21. The number of carbonyl (C=O) groups is 1. The van der Waals surface area contributed by atoms with Crippen LogP contribution in [0.15, 0.2) is 27.4 Å². The number of ether oxygens (including phenoxy) is 1. The average molecular weight is 413 g/mol. The van der Waals surface area contributed by atoms with Crippen LogP contribution in [0.25, 0.3) is 11.0 Å². The van der Waals surface area contributed by atoms with Gasteiger partial charge in [-0.05, 0) is 81.8 Å². The van der Waals surface area contributed by atoms with Crippen molar-refractivity contribution in [2.45, 2.75) is 58.4 Å². The summed E-state index contributed by atoms with van der Waals surface area (Å²) >= 11 is 0. The van der Waals surface area contributed by atoms with Crippen LogP contribution >= 0.6 is 0 Å². The number of hydrogen-bond donors (Lipinski definition) is 0. The fourth-order valence-corrected chi connectivity index (χ4v) is 4.87. The van der Waals surface area contributed by atoms with E-state index in [1.54, 1.807) is 0 Å². The van der Waals surface area contributed by atoms with Crippen LogP contribution < -0.4 is 10.4 Å². The number of benzene rings is 1. The molecule has 1 unspecified atom stereocenters. The zero-order valence-corrected chi connectivity index (χ0v) is 18.1. The van der Waals surface area contributed by atoms with Gasteiger partial charge in [0.15, 0.2) is 6.61 Å². The first-order valence-electron chi connectivity index (χ1n) is 11.3. The molecule has 162 valence electrons. The third kappa shape index (κ3) is 4.53. The first kappa shape index (κ1) is 20.9. The minimum Gasteiger partial charge on any atom is -0.483 e. The number of nitrogens with zero attached hydrogens (tertiary/aromatic N) is 2. The lowest BCUT2D eigenvalue weighted by Gasteiger charge is -2.37. The summed E-state index contributed by atoms with van der Waals surface area (Å²) in [6, 6.07) is 5.57. The SMILES string of the molecule is CCc1cc(=O)oc2cc(C)cc(OCC(=O)N3CCCCC3CN3CCCC3)c12. The molecule has 0 aliphatic carbocycles. The summed E-state index contributed by atoms with van der Waals surface area (Å²) in [5.41, 5.74) is 1.98. The molecule has 1 aromatic heterocycles. The van der Waals surface area contributed by atoms with Crippen molar-refractivity contribution >= 4 is 16.9 Å². The van der Waals surface area contributed by atoms with Crippen molar-refractivity contribution in [2.24, 2.45) is 0 Å². The Bertz CT molecular complexity index is 962. The van der Waals surface area contributed by atoms with Gasteiger partial charge in [0.05, 0.1) is 5.39 Å². The van der Waals surface area contributed by atoms with Gasteiger partial charge in [0, 0.05) is 25.2 Å². The van der Waals surface area contributed by atoms with Crippen LogP contribution in [0.4, 0.5) is 0 Å². The molecule has 0 N–H and O–H groups in total. The van der Waals surface area contributed by atoms with Crippen molar-refractivity contribution in [3.8, 4) is 5.75 Å². The highest BCUT2D eigenvalue weighted by Gasteiger charge is 2.29. The molecule has 0 radical (unpaired) electrons. The van der Waals surface area contributed by atoms with E-state index in [1.165, 1.54) is 25.3 Å². The van der Waals surface area contributed by atoms with Gasteiger partial charge in [0.25, 0.3) is 5.91 Å². The van der Waals surface area contributed by atoms with Crippen LogP contribution in [0.2, 0.25) is 0 Å². The summed E-state index contributed by atoms with van der Waals surface area (Å²) in [5.74, 6) is 0.663. The maximum atomic E-state index is 13.1. The molecule has 1 aromatic carbocycles. The zero-order chi connectivity index (χ0) is 21.1. The summed E-state index contributed by atoms with van der Waals surface area (Å²) in [4.78, 5) is 29.5. The normalized spacial score (nSPS) is 20.1. The van der Waals surface area contributed by atoms with Gasteiger partial charge in [0.1, 0.15) is 11.3 Å². The highest BCUT2D eigenvalue weighted by molar-refractivity contribution is 5.88. The highest BCUT2D eigenvalue weighted by Crippen LogP contribution is 2.30. The predicted octanol–water partition coefficient (Wildman–Crippen LogP) is 3.52. The van der Waals surface area contributed by atoms with E-state index >= 15 is 0 Å². The summed E-state index contributed by atoms with van der Waals surface area (Å²) in [7, 11) is 0. The van der Waals surface area contributed by atoms with Gasteiger partial charge in [-0.1, -0.05) is 6.92 Å². The molecular formula is C24H32N2O4. The molecule has 6 nitrogen and oxygen atoms in total. The lowest BCUT2D eigenvalue weighted by Crippen LogP contribution is -2.50. The lowest BCUT2D eigenvalue weighted by molar-refractivity contribution is -0.137. The van der Waals surface area contributed by atoms with Crippen LogP contribution in [0.5, 0.6) is 5.75 Å². The Kier molecular flexibility index (Phi) is 6.42. The number of hydrogen-bond acceptors (Lipinski definition) is 5. The van der Waals surface area contributed by atoms with Crippen LogP contribution in [0, 0.1) is 6.92 Å². The van der Waals surface area contributed by atoms with Crippen LogP contribution in [-0.4, -0.2) is 54.5 Å². The lowest BCUT2D eigenvalue weighted by atomic mass is 10.0. The Morgan fingerprint density at radius 3 is 2.67 bits per heavy atom. The van der Waals surface area contributed by atoms with Gasteiger partial charge in [-0.25, -0.2) is 4.79 Å². The maximum absolute atomic E-state index is 13.1. The maximum Gasteiger partial charge on any atom is 0.336 e. The van der Waals surface area contributed by atoms with E-state index in [-0.39, 0.29) is 24.2 Å². The van der Waals surface area contributed by atoms with Crippen molar-refractivity contribution in [2.75, 3.05) is 32.8 Å². The first-order chi connectivity index (χ1) is 14.5. The van der Waals surface area contributed by atoms with Crippen molar-refractivity contribution < 1.29 is 13.9 Å². The number of fused-ring (bicyclic) bond motifs is 1. The van der Waals surface area contributed by atoms with Gasteiger partial charge in [-0.15, -0.1) is 0 Å². The Morgan fingerprint density at radius 1 is 1.13 bits per heavy atom. The van der Waals surface area contributed by atoms with Crippen LogP contribution in [0.1, 0.15) is 50.2 Å². The summed E-state index contributed by atoms with van der Waals surface area (Å²) in [5, 5.41) is 0.794. The van der Waals surface area contributed by atoms with E-state index in [4.69, 9.17) is 9.15 Å². The Hall–Kier alpha value is -2.34. The molecule has 0 spiro atoms. The molecule has 2 saturated heterocycles. The third-order valence-electron chi connectivity index (χ3n) is 6.38. The largest absolute Gasteiger partial charge is 0.483 e. The Balaban J connectivity index is 1.51. The van der Waals surface area contributed by atoms with Crippen LogP contribution in [-0.2, 0) is 11.2 Å². The molecule has 0 saturated carbocycles. The molecule has 30 heavy (non-hydrogen) atoms. The van der Waals surface area contributed by atoms with Gasteiger partial charge >= 0.3 is 5.63 Å². The number of amides is 1. The first-order valence-corrected chi connectivity index (χ1v) is 11.3. The van der Waals surface area contributed by atoms with E-state index in [1.807, 2.05) is 30.9 Å². The molecular weight excluding hydrogens is 380 g/mol. The Morgan fingerprint density at radius 2 is 1.90 bits per heavy atom. The molecule has 2 aliphatic heterocycles. The molecule has 2 fully saturated rings. The van der Waals surface area contributed by atoms with Gasteiger partial charge in [-0.3, -0.25) is 4.79 Å². The molecule has 1 amide bonds. The minimum atomic E-state index is -0.356. The van der Waals surface area contributed by atoms with Crippen molar-refractivity contribution in [1.29, 1.82) is 0 Å². The van der Waals surface area contributed by atoms with E-state index in [0.717, 1.165) is 55.5 Å². The molecule has 2 aromatic rings. The molecule has 6 heteroatoms. The fourth-order valence-electron chi connectivity index (χ4n) is 4.87.